The summed E-state index contributed by atoms with van der Waals surface area (Å²) in [5.74, 6) is -3.71. The maximum atomic E-state index is 13.0. The van der Waals surface area contributed by atoms with Crippen molar-refractivity contribution in [1.82, 2.24) is 8.61 Å². The fraction of sp³-hybridized carbons (Fsp3) is 0.125. The number of sulfonamides is 2. The van der Waals surface area contributed by atoms with Crippen LogP contribution in [0.15, 0.2) is 58.3 Å². The van der Waals surface area contributed by atoms with Gasteiger partial charge in [-0.15, -0.1) is 0 Å². The highest BCUT2D eigenvalue weighted by molar-refractivity contribution is 7.90. The number of nitrogens with zero attached hydrogens (tertiary/aromatic N) is 2. The summed E-state index contributed by atoms with van der Waals surface area (Å²) in [6.07, 6.45) is 0. The van der Waals surface area contributed by atoms with Crippen molar-refractivity contribution in [3.8, 4) is 0 Å². The fourth-order valence-electron chi connectivity index (χ4n) is 2.49. The summed E-state index contributed by atoms with van der Waals surface area (Å²) in [5, 5.41) is 0. The van der Waals surface area contributed by atoms with Crippen molar-refractivity contribution in [1.29, 1.82) is 0 Å². The molecule has 0 atom stereocenters. The molecule has 1 saturated heterocycles. The Morgan fingerprint density at radius 1 is 0.607 bits per heavy atom. The molecule has 1 fully saturated rings. The predicted octanol–water partition coefficient (Wildman–Crippen LogP) is 0.713. The maximum Gasteiger partial charge on any atom is 0.267 e. The second kappa shape index (κ2) is 6.95. The molecular weight excluding hydrogens is 418 g/mol. The first-order valence-corrected chi connectivity index (χ1v) is 10.5. The van der Waals surface area contributed by atoms with Crippen LogP contribution >= 0.6 is 0 Å². The monoisotopic (exact) mass is 430 g/mol. The molecule has 12 heteroatoms. The van der Waals surface area contributed by atoms with Crippen LogP contribution in [0.4, 0.5) is 8.78 Å². The molecule has 8 nitrogen and oxygen atoms in total. The van der Waals surface area contributed by atoms with Gasteiger partial charge in [-0.05, 0) is 48.5 Å². The van der Waals surface area contributed by atoms with Crippen LogP contribution in [0, 0.1) is 11.6 Å². The van der Waals surface area contributed by atoms with Crippen LogP contribution in [0.2, 0.25) is 0 Å². The average Bonchev–Trinajstić information content (AvgIpc) is 2.63. The van der Waals surface area contributed by atoms with Crippen molar-refractivity contribution < 1.29 is 35.2 Å². The van der Waals surface area contributed by atoms with Gasteiger partial charge < -0.3 is 0 Å². The van der Waals surface area contributed by atoms with Gasteiger partial charge in [0.2, 0.25) is 0 Å². The number of hydrogen-bond donors (Lipinski definition) is 0. The zero-order valence-corrected chi connectivity index (χ0v) is 15.6. The molecule has 0 bridgehead atoms. The van der Waals surface area contributed by atoms with Gasteiger partial charge in [-0.3, -0.25) is 9.59 Å². The minimum absolute atomic E-state index is 0.235. The normalized spacial score (nSPS) is 15.8. The number of rotatable bonds is 4. The molecule has 148 valence electrons. The fourth-order valence-corrected chi connectivity index (χ4v) is 5.17. The van der Waals surface area contributed by atoms with Crippen molar-refractivity contribution in [3.05, 3.63) is 60.2 Å². The van der Waals surface area contributed by atoms with Gasteiger partial charge >= 0.3 is 0 Å². The maximum absolute atomic E-state index is 13.0. The Kier molecular flexibility index (Phi) is 4.93. The summed E-state index contributed by atoms with van der Waals surface area (Å²) in [6, 6.07) is 7.16. The number of piperazine rings is 1. The smallest absolute Gasteiger partial charge is 0.267 e. The van der Waals surface area contributed by atoms with Crippen LogP contribution in [-0.2, 0) is 29.6 Å². The third kappa shape index (κ3) is 3.47. The quantitative estimate of drug-likeness (QED) is 0.707. The Hall–Kier alpha value is -2.86. The standard InChI is InChI=1S/C16H12F2N2O6S2/c17-11-1-5-13(6-2-11)27(23,24)19-9-16(22)20(10-15(19)21)28(25,26)14-7-3-12(18)4-8-14/h1-8H,9-10H2. The van der Waals surface area contributed by atoms with E-state index in [1.54, 1.807) is 0 Å². The first kappa shape index (κ1) is 19.9. The molecule has 0 N–H and O–H groups in total. The van der Waals surface area contributed by atoms with Crippen molar-refractivity contribution in [3.63, 3.8) is 0 Å². The summed E-state index contributed by atoms with van der Waals surface area (Å²) in [4.78, 5) is 23.8. The SMILES string of the molecule is O=C1CN(S(=O)(=O)c2ccc(F)cc2)C(=O)CN1S(=O)(=O)c1ccc(F)cc1. The summed E-state index contributed by atoms with van der Waals surface area (Å²) >= 11 is 0. The molecule has 28 heavy (non-hydrogen) atoms. The molecule has 2 amide bonds. The lowest BCUT2D eigenvalue weighted by Gasteiger charge is -2.32. The van der Waals surface area contributed by atoms with E-state index in [1.165, 1.54) is 0 Å². The highest BCUT2D eigenvalue weighted by Gasteiger charge is 2.43. The van der Waals surface area contributed by atoms with E-state index in [0.29, 0.717) is 0 Å². The van der Waals surface area contributed by atoms with Crippen LogP contribution in [0.1, 0.15) is 0 Å². The third-order valence-electron chi connectivity index (χ3n) is 3.92. The summed E-state index contributed by atoms with van der Waals surface area (Å²) in [5.41, 5.74) is 0. The summed E-state index contributed by atoms with van der Waals surface area (Å²) in [7, 11) is -8.95. The highest BCUT2D eigenvalue weighted by Crippen LogP contribution is 2.23. The Morgan fingerprint density at radius 3 is 1.18 bits per heavy atom. The van der Waals surface area contributed by atoms with Crippen LogP contribution in [0.25, 0.3) is 0 Å². The van der Waals surface area contributed by atoms with Gasteiger partial charge in [0, 0.05) is 0 Å². The van der Waals surface area contributed by atoms with Gasteiger partial charge in [0.25, 0.3) is 31.9 Å². The first-order valence-electron chi connectivity index (χ1n) is 7.66. The van der Waals surface area contributed by atoms with Crippen molar-refractivity contribution >= 4 is 31.9 Å². The van der Waals surface area contributed by atoms with Gasteiger partial charge in [-0.25, -0.2) is 34.2 Å². The average molecular weight is 430 g/mol. The lowest BCUT2D eigenvalue weighted by Crippen LogP contribution is -2.56. The molecule has 1 aliphatic rings. The molecule has 0 radical (unpaired) electrons. The molecule has 0 aliphatic carbocycles. The second-order valence-electron chi connectivity index (χ2n) is 5.72. The summed E-state index contributed by atoms with van der Waals surface area (Å²) < 4.78 is 76.6. The van der Waals surface area contributed by atoms with E-state index in [0.717, 1.165) is 48.5 Å². The topological polar surface area (TPSA) is 109 Å². The van der Waals surface area contributed by atoms with E-state index in [4.69, 9.17) is 0 Å². The minimum Gasteiger partial charge on any atom is -0.272 e. The molecular formula is C16H12F2N2O6S2. The Labute approximate surface area is 159 Å². The number of benzene rings is 2. The van der Waals surface area contributed by atoms with Gasteiger partial charge in [-0.2, -0.15) is 0 Å². The lowest BCUT2D eigenvalue weighted by atomic mass is 10.4. The molecule has 3 rings (SSSR count). The number of hydrogen-bond acceptors (Lipinski definition) is 6. The van der Waals surface area contributed by atoms with Crippen molar-refractivity contribution in [2.45, 2.75) is 9.79 Å². The number of carbonyl (C=O) groups excluding carboxylic acids is 2. The molecule has 1 aliphatic heterocycles. The zero-order chi connectivity index (χ0) is 20.7. The van der Waals surface area contributed by atoms with Gasteiger partial charge in [-0.1, -0.05) is 0 Å². The van der Waals surface area contributed by atoms with Crippen molar-refractivity contribution in [2.75, 3.05) is 13.1 Å². The third-order valence-corrected chi connectivity index (χ3v) is 7.48. The van der Waals surface area contributed by atoms with E-state index in [9.17, 15) is 35.2 Å². The molecule has 2 aromatic rings. The predicted molar refractivity (Wildman–Crippen MR) is 90.6 cm³/mol. The lowest BCUT2D eigenvalue weighted by molar-refractivity contribution is -0.141. The van der Waals surface area contributed by atoms with Crippen LogP contribution in [0.5, 0.6) is 0 Å². The largest absolute Gasteiger partial charge is 0.272 e. The molecule has 0 saturated carbocycles. The number of halogens is 2. The van der Waals surface area contributed by atoms with Gasteiger partial charge in [0.05, 0.1) is 9.79 Å². The van der Waals surface area contributed by atoms with E-state index in [-0.39, 0.29) is 8.61 Å². The summed E-state index contributed by atoms with van der Waals surface area (Å²) in [6.45, 7) is -2.09. The van der Waals surface area contributed by atoms with E-state index >= 15 is 0 Å². The van der Waals surface area contributed by atoms with E-state index in [1.807, 2.05) is 0 Å². The second-order valence-corrected chi connectivity index (χ2v) is 9.44. The highest BCUT2D eigenvalue weighted by atomic mass is 32.2. The van der Waals surface area contributed by atoms with E-state index in [2.05, 4.69) is 0 Å². The molecule has 0 unspecified atom stereocenters. The van der Waals surface area contributed by atoms with Gasteiger partial charge in [0.15, 0.2) is 0 Å². The molecule has 2 aromatic carbocycles. The molecule has 1 heterocycles. The van der Waals surface area contributed by atoms with E-state index < -0.39 is 66.4 Å². The Morgan fingerprint density at radius 2 is 0.893 bits per heavy atom. The number of amides is 2. The minimum atomic E-state index is -4.47. The van der Waals surface area contributed by atoms with Gasteiger partial charge in [0.1, 0.15) is 24.7 Å². The van der Waals surface area contributed by atoms with Crippen molar-refractivity contribution in [2.24, 2.45) is 0 Å². The van der Waals surface area contributed by atoms with Crippen LogP contribution < -0.4 is 0 Å². The molecule has 0 spiro atoms. The molecule has 0 aromatic heterocycles. The zero-order valence-electron chi connectivity index (χ0n) is 13.9. The Bertz CT molecular complexity index is 1050. The first-order chi connectivity index (χ1) is 13.0. The van der Waals surface area contributed by atoms with Crippen LogP contribution in [0.3, 0.4) is 0 Å². The van der Waals surface area contributed by atoms with Crippen LogP contribution in [-0.4, -0.2) is 50.3 Å². The number of carbonyl (C=O) groups is 2. The Balaban J connectivity index is 1.90.